The molecule has 2 amide bonds. The van der Waals surface area contributed by atoms with Crippen LogP contribution in [-0.4, -0.2) is 124 Å². The van der Waals surface area contributed by atoms with Gasteiger partial charge in [0.05, 0.1) is 20.2 Å². The summed E-state index contributed by atoms with van der Waals surface area (Å²) >= 11 is 0. The van der Waals surface area contributed by atoms with Crippen molar-refractivity contribution in [2.45, 2.75) is 181 Å². The molecule has 0 bridgehead atoms. The Morgan fingerprint density at radius 2 is 0.698 bits per heavy atom. The number of hydrogen-bond acceptors (Lipinski definition) is 8. The molecule has 0 unspecified atom stereocenters. The summed E-state index contributed by atoms with van der Waals surface area (Å²) in [4.78, 5) is 26.5. The van der Waals surface area contributed by atoms with Crippen molar-refractivity contribution in [3.8, 4) is 0 Å². The van der Waals surface area contributed by atoms with Gasteiger partial charge in [-0.1, -0.05) is 154 Å². The molecule has 0 rings (SSSR count). The first-order valence-electron chi connectivity index (χ1n) is 20.4. The topological polar surface area (TPSA) is 155 Å². The number of allylic oxidation sites excluding steroid dienone is 2. The molecule has 13 heteroatoms. The third-order valence-corrected chi connectivity index (χ3v) is 10.6. The first kappa shape index (κ1) is 56.8. The van der Waals surface area contributed by atoms with E-state index in [2.05, 4.69) is 13.8 Å². The standard InChI is InChI=1S/2C20H39NO4S.Ca/c2*1-3-4-5-6-7-8-9-10-11-12-13-14-15-17-20(22)21(2)18-16-19-26(23,24)25;/h2*15,17H,3-14,16,18-19H2,1-2H3,(H,23,24,25);/q;;+2/p-2/b2*17-15+;. The molecular weight excluding hydrogens is 741 g/mol. The van der Waals surface area contributed by atoms with Gasteiger partial charge in [-0.15, -0.1) is 0 Å². The van der Waals surface area contributed by atoms with Crippen molar-refractivity contribution in [3.63, 3.8) is 0 Å². The third-order valence-electron chi connectivity index (χ3n) is 9.00. The molecule has 0 N–H and O–H groups in total. The molecule has 0 fully saturated rings. The maximum Gasteiger partial charge on any atom is 2.00 e. The zero-order chi connectivity index (χ0) is 39.4. The molecule has 0 saturated heterocycles. The molecular formula is C40H76CaN2O8S2. The van der Waals surface area contributed by atoms with Crippen LogP contribution < -0.4 is 0 Å². The Morgan fingerprint density at radius 3 is 0.943 bits per heavy atom. The molecule has 0 saturated carbocycles. The maximum absolute atomic E-state index is 11.8. The van der Waals surface area contributed by atoms with Gasteiger partial charge in [0.2, 0.25) is 11.8 Å². The average Bonchev–Trinajstić information content (AvgIpc) is 3.07. The van der Waals surface area contributed by atoms with Gasteiger partial charge in [0, 0.05) is 38.7 Å². The van der Waals surface area contributed by atoms with Crippen LogP contribution in [0.2, 0.25) is 0 Å². The molecule has 0 aromatic rings. The molecule has 0 aromatic heterocycles. The van der Waals surface area contributed by atoms with Gasteiger partial charge in [0.25, 0.3) is 0 Å². The van der Waals surface area contributed by atoms with E-state index in [4.69, 9.17) is 0 Å². The van der Waals surface area contributed by atoms with E-state index < -0.39 is 31.7 Å². The number of unbranched alkanes of at least 4 members (excludes halogenated alkanes) is 22. The fourth-order valence-corrected chi connectivity index (χ4v) is 6.62. The molecule has 10 nitrogen and oxygen atoms in total. The molecule has 0 aliphatic heterocycles. The quantitative estimate of drug-likeness (QED) is 0.0270. The zero-order valence-electron chi connectivity index (χ0n) is 34.2. The summed E-state index contributed by atoms with van der Waals surface area (Å²) in [7, 11) is -5.15. The van der Waals surface area contributed by atoms with Gasteiger partial charge in [-0.05, 0) is 50.7 Å². The van der Waals surface area contributed by atoms with Gasteiger partial charge in [-0.2, -0.15) is 0 Å². The van der Waals surface area contributed by atoms with Crippen molar-refractivity contribution in [2.75, 3.05) is 38.7 Å². The van der Waals surface area contributed by atoms with Crippen LogP contribution in [-0.2, 0) is 29.8 Å². The molecule has 0 atom stereocenters. The van der Waals surface area contributed by atoms with E-state index in [1.54, 1.807) is 26.2 Å². The van der Waals surface area contributed by atoms with E-state index in [9.17, 15) is 35.5 Å². The summed E-state index contributed by atoms with van der Waals surface area (Å²) in [5.74, 6) is -1.13. The largest absolute Gasteiger partial charge is 2.00 e. The molecule has 0 aliphatic carbocycles. The minimum atomic E-state index is -4.19. The van der Waals surface area contributed by atoms with Crippen molar-refractivity contribution >= 4 is 69.8 Å². The molecule has 0 aliphatic rings. The Morgan fingerprint density at radius 1 is 0.453 bits per heavy atom. The van der Waals surface area contributed by atoms with E-state index >= 15 is 0 Å². The van der Waals surface area contributed by atoms with Gasteiger partial charge in [-0.25, -0.2) is 16.8 Å². The van der Waals surface area contributed by atoms with Crippen molar-refractivity contribution in [3.05, 3.63) is 24.3 Å². The predicted molar refractivity (Wildman–Crippen MR) is 220 cm³/mol. The van der Waals surface area contributed by atoms with Gasteiger partial charge >= 0.3 is 37.7 Å². The molecule has 0 radical (unpaired) electrons. The van der Waals surface area contributed by atoms with Crippen LogP contribution in [0.25, 0.3) is 0 Å². The van der Waals surface area contributed by atoms with Crippen LogP contribution in [0.3, 0.4) is 0 Å². The monoisotopic (exact) mass is 816 g/mol. The van der Waals surface area contributed by atoms with Crippen LogP contribution in [0.15, 0.2) is 24.3 Å². The first-order valence-corrected chi connectivity index (χ1v) is 23.6. The maximum atomic E-state index is 11.8. The summed E-state index contributed by atoms with van der Waals surface area (Å²) in [6.07, 6.45) is 37.8. The molecule has 308 valence electrons. The number of rotatable bonds is 34. The number of amides is 2. The van der Waals surface area contributed by atoms with Crippen molar-refractivity contribution in [1.82, 2.24) is 9.80 Å². The van der Waals surface area contributed by atoms with Crippen LogP contribution in [0.1, 0.15) is 181 Å². The van der Waals surface area contributed by atoms with Gasteiger partial charge in [0.15, 0.2) is 0 Å². The molecule has 0 aromatic carbocycles. The number of carbonyl (C=O) groups excluding carboxylic acids is 2. The Bertz CT molecular complexity index is 1040. The van der Waals surface area contributed by atoms with E-state index in [1.165, 1.54) is 138 Å². The van der Waals surface area contributed by atoms with Gasteiger partial charge in [0.1, 0.15) is 0 Å². The molecule has 0 spiro atoms. The summed E-state index contributed by atoms with van der Waals surface area (Å²) in [5.41, 5.74) is 0. The average molecular weight is 817 g/mol. The zero-order valence-corrected chi connectivity index (χ0v) is 38.0. The first-order chi connectivity index (χ1) is 24.7. The van der Waals surface area contributed by atoms with E-state index in [0.29, 0.717) is 0 Å². The van der Waals surface area contributed by atoms with Gasteiger partial charge in [-0.3, -0.25) is 9.59 Å². The van der Waals surface area contributed by atoms with Crippen molar-refractivity contribution < 1.29 is 35.5 Å². The smallest absolute Gasteiger partial charge is 0.748 e. The van der Waals surface area contributed by atoms with E-state index in [1.807, 2.05) is 12.2 Å². The Labute approximate surface area is 356 Å². The van der Waals surface area contributed by atoms with Crippen molar-refractivity contribution in [2.24, 2.45) is 0 Å². The van der Waals surface area contributed by atoms with E-state index in [-0.39, 0.29) is 75.5 Å². The minimum absolute atomic E-state index is 0. The Kier molecular flexibility index (Phi) is 42.6. The Hall–Kier alpha value is -0.500. The summed E-state index contributed by atoms with van der Waals surface area (Å²) in [6.45, 7) is 5.05. The van der Waals surface area contributed by atoms with Crippen molar-refractivity contribution in [1.29, 1.82) is 0 Å². The van der Waals surface area contributed by atoms with Gasteiger partial charge < -0.3 is 18.9 Å². The number of likely N-dealkylation sites (N-methyl/N-ethyl adjacent to an activating group) is 2. The number of carbonyl (C=O) groups is 2. The fourth-order valence-electron chi connectivity index (χ4n) is 5.65. The van der Waals surface area contributed by atoms with Crippen LogP contribution in [0, 0.1) is 0 Å². The second-order valence-corrected chi connectivity index (χ2v) is 17.3. The normalized spacial score (nSPS) is 11.7. The predicted octanol–water partition coefficient (Wildman–Crippen LogP) is 8.89. The second kappa shape index (κ2) is 39.7. The number of hydrogen-bond donors (Lipinski definition) is 0. The summed E-state index contributed by atoms with van der Waals surface area (Å²) < 4.78 is 63.1. The third kappa shape index (κ3) is 47.6. The Balaban J connectivity index is -0.000000926. The minimum Gasteiger partial charge on any atom is -0.748 e. The van der Waals surface area contributed by atoms with Crippen LogP contribution in [0.4, 0.5) is 0 Å². The number of nitrogens with zero attached hydrogens (tertiary/aromatic N) is 2. The molecule has 53 heavy (non-hydrogen) atoms. The SMILES string of the molecule is CCCCCCCCCCCCC/C=C/C(=O)N(C)CCCS(=O)(=O)[O-].CCCCCCCCCCCCC/C=C/C(=O)N(C)CCCS(=O)(=O)[O-].[Ca+2]. The van der Waals surface area contributed by atoms with Crippen LogP contribution >= 0.6 is 0 Å². The van der Waals surface area contributed by atoms with E-state index in [0.717, 1.165) is 25.7 Å². The molecule has 0 heterocycles. The summed E-state index contributed by atoms with van der Waals surface area (Å²) in [5, 5.41) is 0. The van der Waals surface area contributed by atoms with Crippen LogP contribution in [0.5, 0.6) is 0 Å². The fraction of sp³-hybridized carbons (Fsp3) is 0.850. The summed E-state index contributed by atoms with van der Waals surface area (Å²) in [6, 6.07) is 0. The second-order valence-electron chi connectivity index (χ2n) is 14.2.